The maximum atomic E-state index is 12.9. The highest BCUT2D eigenvalue weighted by Crippen LogP contribution is 2.27. The van der Waals surface area contributed by atoms with Crippen LogP contribution in [0.4, 0.5) is 0 Å². The molecule has 0 unspecified atom stereocenters. The Morgan fingerprint density at radius 1 is 1.18 bits per heavy atom. The summed E-state index contributed by atoms with van der Waals surface area (Å²) < 4.78 is 2.17. The molecule has 1 aromatic carbocycles. The smallest absolute Gasteiger partial charge is 0.246 e. The SMILES string of the molecule is Cc1nnc2n1[C@@H](CC(C)C)CN(C(=O)Cn1nnc(-c3ccccc3)n1)C2. The number of rotatable bonds is 5. The summed E-state index contributed by atoms with van der Waals surface area (Å²) in [7, 11) is 0. The normalized spacial score (nSPS) is 16.4. The third-order valence-corrected chi connectivity index (χ3v) is 4.92. The molecule has 0 saturated carbocycles. The van der Waals surface area contributed by atoms with Crippen LogP contribution in [0.15, 0.2) is 30.3 Å². The van der Waals surface area contributed by atoms with E-state index in [1.807, 2.05) is 42.2 Å². The maximum Gasteiger partial charge on any atom is 0.246 e. The lowest BCUT2D eigenvalue weighted by molar-refractivity contribution is -0.134. The fourth-order valence-electron chi connectivity index (χ4n) is 3.72. The highest BCUT2D eigenvalue weighted by atomic mass is 16.2. The van der Waals surface area contributed by atoms with Gasteiger partial charge in [-0.3, -0.25) is 4.79 Å². The fraction of sp³-hybridized carbons (Fsp3) is 0.474. The first kappa shape index (κ1) is 18.3. The third kappa shape index (κ3) is 3.64. The molecule has 2 aromatic heterocycles. The van der Waals surface area contributed by atoms with E-state index >= 15 is 0 Å². The van der Waals surface area contributed by atoms with E-state index in [-0.39, 0.29) is 18.5 Å². The van der Waals surface area contributed by atoms with Gasteiger partial charge < -0.3 is 9.47 Å². The van der Waals surface area contributed by atoms with E-state index in [1.54, 1.807) is 0 Å². The average Bonchev–Trinajstić information content (AvgIpc) is 3.29. The summed E-state index contributed by atoms with van der Waals surface area (Å²) in [6, 6.07) is 9.79. The van der Waals surface area contributed by atoms with Crippen LogP contribution >= 0.6 is 0 Å². The Bertz CT molecular complexity index is 961. The molecule has 4 rings (SSSR count). The van der Waals surface area contributed by atoms with Crippen LogP contribution in [0.3, 0.4) is 0 Å². The topological polar surface area (TPSA) is 94.6 Å². The minimum absolute atomic E-state index is 0.0438. The second-order valence-electron chi connectivity index (χ2n) is 7.60. The molecular weight excluding hydrogens is 356 g/mol. The first-order valence-corrected chi connectivity index (χ1v) is 9.52. The van der Waals surface area contributed by atoms with Crippen molar-refractivity contribution in [2.75, 3.05) is 6.54 Å². The molecule has 3 aromatic rings. The first-order chi connectivity index (χ1) is 13.5. The summed E-state index contributed by atoms with van der Waals surface area (Å²) in [4.78, 5) is 16.1. The molecule has 28 heavy (non-hydrogen) atoms. The summed E-state index contributed by atoms with van der Waals surface area (Å²) in [6.07, 6.45) is 0.968. The number of carbonyl (C=O) groups excluding carboxylic acids is 1. The Balaban J connectivity index is 1.49. The van der Waals surface area contributed by atoms with Crippen LogP contribution in [0, 0.1) is 12.8 Å². The molecule has 1 amide bonds. The van der Waals surface area contributed by atoms with Gasteiger partial charge in [-0.2, -0.15) is 4.80 Å². The summed E-state index contributed by atoms with van der Waals surface area (Å²) in [5, 5.41) is 20.9. The lowest BCUT2D eigenvalue weighted by Crippen LogP contribution is -2.43. The molecule has 9 nitrogen and oxygen atoms in total. The number of benzene rings is 1. The summed E-state index contributed by atoms with van der Waals surface area (Å²) in [5.74, 6) is 2.72. The number of aryl methyl sites for hydroxylation is 1. The molecule has 0 bridgehead atoms. The second-order valence-corrected chi connectivity index (χ2v) is 7.60. The molecule has 1 atom stereocenters. The molecule has 146 valence electrons. The van der Waals surface area contributed by atoms with Gasteiger partial charge in [0.1, 0.15) is 12.4 Å². The molecule has 0 radical (unpaired) electrons. The zero-order valence-corrected chi connectivity index (χ0v) is 16.4. The minimum Gasteiger partial charge on any atom is -0.331 e. The predicted molar refractivity (Wildman–Crippen MR) is 102 cm³/mol. The van der Waals surface area contributed by atoms with Crippen LogP contribution in [-0.2, 0) is 17.9 Å². The van der Waals surface area contributed by atoms with Crippen molar-refractivity contribution in [3.8, 4) is 11.4 Å². The van der Waals surface area contributed by atoms with E-state index < -0.39 is 0 Å². The monoisotopic (exact) mass is 380 g/mol. The van der Waals surface area contributed by atoms with Gasteiger partial charge in [0, 0.05) is 12.1 Å². The molecule has 1 aliphatic rings. The van der Waals surface area contributed by atoms with Crippen LogP contribution in [0.25, 0.3) is 11.4 Å². The number of aromatic nitrogens is 7. The summed E-state index contributed by atoms with van der Waals surface area (Å²) >= 11 is 0. The van der Waals surface area contributed by atoms with Gasteiger partial charge in [0.2, 0.25) is 11.7 Å². The van der Waals surface area contributed by atoms with Gasteiger partial charge in [-0.25, -0.2) is 0 Å². The second kappa shape index (κ2) is 7.49. The molecule has 0 N–H and O–H groups in total. The van der Waals surface area contributed by atoms with Crippen LogP contribution in [-0.4, -0.2) is 52.3 Å². The highest BCUT2D eigenvalue weighted by Gasteiger charge is 2.31. The lowest BCUT2D eigenvalue weighted by atomic mass is 10.0. The van der Waals surface area contributed by atoms with Crippen molar-refractivity contribution in [3.05, 3.63) is 42.0 Å². The largest absolute Gasteiger partial charge is 0.331 e. The molecular formula is C19H24N8O. The number of carbonyl (C=O) groups is 1. The average molecular weight is 380 g/mol. The summed E-state index contributed by atoms with van der Waals surface area (Å²) in [6.45, 7) is 7.49. The zero-order chi connectivity index (χ0) is 19.7. The Labute approximate surface area is 163 Å². The number of hydrogen-bond acceptors (Lipinski definition) is 6. The van der Waals surface area contributed by atoms with Crippen molar-refractivity contribution in [3.63, 3.8) is 0 Å². The number of tetrazole rings is 1. The van der Waals surface area contributed by atoms with Crippen molar-refractivity contribution in [1.29, 1.82) is 0 Å². The Morgan fingerprint density at radius 3 is 2.71 bits per heavy atom. The number of amides is 1. The van der Waals surface area contributed by atoms with Crippen LogP contribution in [0.2, 0.25) is 0 Å². The van der Waals surface area contributed by atoms with Crippen molar-refractivity contribution in [1.82, 2.24) is 39.9 Å². The van der Waals surface area contributed by atoms with Gasteiger partial charge >= 0.3 is 0 Å². The maximum absolute atomic E-state index is 12.9. The zero-order valence-electron chi connectivity index (χ0n) is 16.4. The number of fused-ring (bicyclic) bond motifs is 1. The van der Waals surface area contributed by atoms with Crippen molar-refractivity contribution < 1.29 is 4.79 Å². The molecule has 1 aliphatic heterocycles. The molecule has 3 heterocycles. The molecule has 0 fully saturated rings. The minimum atomic E-state index is -0.0438. The molecule has 9 heteroatoms. The Morgan fingerprint density at radius 2 is 1.96 bits per heavy atom. The predicted octanol–water partition coefficient (Wildman–Crippen LogP) is 1.87. The van der Waals surface area contributed by atoms with Gasteiger partial charge in [0.15, 0.2) is 5.82 Å². The fourth-order valence-corrected chi connectivity index (χ4v) is 3.72. The van der Waals surface area contributed by atoms with Gasteiger partial charge in [0.05, 0.1) is 12.6 Å². The van der Waals surface area contributed by atoms with Crippen molar-refractivity contribution >= 4 is 5.91 Å². The number of hydrogen-bond donors (Lipinski definition) is 0. The van der Waals surface area contributed by atoms with Gasteiger partial charge in [-0.1, -0.05) is 44.2 Å². The van der Waals surface area contributed by atoms with Gasteiger partial charge in [0.25, 0.3) is 0 Å². The van der Waals surface area contributed by atoms with E-state index in [2.05, 4.69) is 44.0 Å². The molecule has 0 saturated heterocycles. The van der Waals surface area contributed by atoms with Crippen LogP contribution in [0.1, 0.15) is 38.0 Å². The van der Waals surface area contributed by atoms with E-state index in [1.165, 1.54) is 4.80 Å². The third-order valence-electron chi connectivity index (χ3n) is 4.92. The van der Waals surface area contributed by atoms with E-state index in [0.717, 1.165) is 23.6 Å². The van der Waals surface area contributed by atoms with E-state index in [0.29, 0.717) is 24.8 Å². The van der Waals surface area contributed by atoms with Gasteiger partial charge in [-0.05, 0) is 24.5 Å². The van der Waals surface area contributed by atoms with E-state index in [4.69, 9.17) is 0 Å². The summed E-state index contributed by atoms with van der Waals surface area (Å²) in [5.41, 5.74) is 0.875. The van der Waals surface area contributed by atoms with E-state index in [9.17, 15) is 4.79 Å². The quantitative estimate of drug-likeness (QED) is 0.671. The van der Waals surface area contributed by atoms with Crippen molar-refractivity contribution in [2.24, 2.45) is 5.92 Å². The van der Waals surface area contributed by atoms with Crippen LogP contribution in [0.5, 0.6) is 0 Å². The Hall–Kier alpha value is -3.10. The molecule has 0 aliphatic carbocycles. The van der Waals surface area contributed by atoms with Gasteiger partial charge in [-0.15, -0.1) is 20.4 Å². The van der Waals surface area contributed by atoms with Crippen molar-refractivity contribution in [2.45, 2.75) is 46.3 Å². The number of nitrogens with zero attached hydrogens (tertiary/aromatic N) is 8. The first-order valence-electron chi connectivity index (χ1n) is 9.52. The lowest BCUT2D eigenvalue weighted by Gasteiger charge is -2.35. The molecule has 0 spiro atoms. The van der Waals surface area contributed by atoms with Crippen LogP contribution < -0.4 is 0 Å². The highest BCUT2D eigenvalue weighted by molar-refractivity contribution is 5.76. The standard InChI is InChI=1S/C19H24N8O/c1-13(2)9-16-10-25(11-17-21-20-14(3)27(16)17)18(28)12-26-23-19(22-24-26)15-7-5-4-6-8-15/h4-8,13,16H,9-12H2,1-3H3/t16-/m0/s1. The Kier molecular flexibility index (Phi) is 4.89.